The van der Waals surface area contributed by atoms with Crippen LogP contribution in [0.25, 0.3) is 5.69 Å². The minimum Gasteiger partial charge on any atom is -0.301 e. The molecule has 0 bridgehead atoms. The molecule has 0 radical (unpaired) electrons. The molecule has 2 atom stereocenters. The molecule has 1 aliphatic rings. The van der Waals surface area contributed by atoms with Crippen LogP contribution < -0.4 is 5.32 Å². The maximum absolute atomic E-state index is 13.1. The Hall–Kier alpha value is -2.21. The molecule has 0 spiro atoms. The second-order valence-electron chi connectivity index (χ2n) is 6.32. The molecular weight excluding hydrogens is 371 g/mol. The molecule has 0 amide bonds. The van der Waals surface area contributed by atoms with E-state index in [2.05, 4.69) is 22.6 Å². The average Bonchev–Trinajstić information content (AvgIpc) is 3.10. The number of Topliss-reactive ketones (excluding diaryl/α,β-unsaturated/α-hetero) is 1. The molecule has 1 aliphatic heterocycles. The van der Waals surface area contributed by atoms with Crippen molar-refractivity contribution in [1.29, 1.82) is 0 Å². The molecule has 7 heteroatoms. The lowest BCUT2D eigenvalue weighted by atomic mass is 9.92. The van der Waals surface area contributed by atoms with Gasteiger partial charge in [0.2, 0.25) is 0 Å². The zero-order valence-electron chi connectivity index (χ0n) is 14.0. The van der Waals surface area contributed by atoms with E-state index >= 15 is 0 Å². The van der Waals surface area contributed by atoms with E-state index in [4.69, 9.17) is 23.2 Å². The molecule has 1 N–H and O–H groups in total. The Bertz CT molecular complexity index is 971. The number of carbonyl (C=O) groups is 1. The van der Waals surface area contributed by atoms with E-state index in [1.165, 1.54) is 0 Å². The van der Waals surface area contributed by atoms with E-state index in [0.29, 0.717) is 22.8 Å². The van der Waals surface area contributed by atoms with E-state index in [1.807, 2.05) is 30.3 Å². The average molecular weight is 387 g/mol. The minimum absolute atomic E-state index is 0.161. The van der Waals surface area contributed by atoms with Gasteiger partial charge in [0.25, 0.3) is 0 Å². The largest absolute Gasteiger partial charge is 0.301 e. The zero-order chi connectivity index (χ0) is 18.3. The fourth-order valence-electron chi connectivity index (χ4n) is 3.28. The Labute approximate surface area is 160 Å². The van der Waals surface area contributed by atoms with Crippen molar-refractivity contribution in [3.63, 3.8) is 0 Å². The van der Waals surface area contributed by atoms with Gasteiger partial charge in [-0.15, -0.1) is 5.10 Å². The number of rotatable bonds is 3. The highest BCUT2D eigenvalue weighted by molar-refractivity contribution is 6.44. The van der Waals surface area contributed by atoms with Crippen LogP contribution in [0.3, 0.4) is 0 Å². The third kappa shape index (κ3) is 2.82. The Morgan fingerprint density at radius 3 is 2.69 bits per heavy atom. The standard InChI is InChI=1S/C19H16Cl2N4O/c1-11-10-22-17(19(26)13-8-5-9-14(20)15(13)21)16-18(11)25(24-23-16)12-6-3-2-4-7-12/h2-9,11,17,22H,10H2,1H3. The summed E-state index contributed by atoms with van der Waals surface area (Å²) in [6, 6.07) is 14.2. The Kier molecular flexibility index (Phi) is 4.53. The van der Waals surface area contributed by atoms with Gasteiger partial charge in [-0.25, -0.2) is 4.68 Å². The van der Waals surface area contributed by atoms with E-state index in [1.54, 1.807) is 22.9 Å². The number of hydrogen-bond donors (Lipinski definition) is 1. The van der Waals surface area contributed by atoms with Crippen LogP contribution in [-0.2, 0) is 0 Å². The third-order valence-electron chi connectivity index (χ3n) is 4.58. The van der Waals surface area contributed by atoms with Crippen molar-refractivity contribution in [3.05, 3.63) is 75.5 Å². The van der Waals surface area contributed by atoms with Gasteiger partial charge < -0.3 is 5.32 Å². The second kappa shape index (κ2) is 6.83. The molecule has 26 heavy (non-hydrogen) atoms. The summed E-state index contributed by atoms with van der Waals surface area (Å²) in [4.78, 5) is 13.1. The van der Waals surface area contributed by atoms with E-state index < -0.39 is 6.04 Å². The first kappa shape index (κ1) is 17.2. The molecule has 0 saturated heterocycles. The Balaban J connectivity index is 1.78. The summed E-state index contributed by atoms with van der Waals surface area (Å²) < 4.78 is 1.81. The van der Waals surface area contributed by atoms with Crippen molar-refractivity contribution in [3.8, 4) is 5.69 Å². The monoisotopic (exact) mass is 386 g/mol. The predicted molar refractivity (Wildman–Crippen MR) is 101 cm³/mol. The van der Waals surface area contributed by atoms with Gasteiger partial charge in [0.1, 0.15) is 11.7 Å². The Morgan fingerprint density at radius 2 is 1.92 bits per heavy atom. The lowest BCUT2D eigenvalue weighted by molar-refractivity contribution is 0.0935. The smallest absolute Gasteiger partial charge is 0.187 e. The van der Waals surface area contributed by atoms with Gasteiger partial charge in [0.05, 0.1) is 21.4 Å². The van der Waals surface area contributed by atoms with Gasteiger partial charge in [0, 0.05) is 18.0 Å². The summed E-state index contributed by atoms with van der Waals surface area (Å²) in [7, 11) is 0. The number of benzene rings is 2. The molecule has 2 aromatic carbocycles. The van der Waals surface area contributed by atoms with Crippen molar-refractivity contribution in [2.24, 2.45) is 0 Å². The molecule has 4 rings (SSSR count). The van der Waals surface area contributed by atoms with Crippen LogP contribution in [0.5, 0.6) is 0 Å². The summed E-state index contributed by atoms with van der Waals surface area (Å²) in [5.41, 5.74) is 2.87. The number of hydrogen-bond acceptors (Lipinski definition) is 4. The van der Waals surface area contributed by atoms with Crippen molar-refractivity contribution in [2.75, 3.05) is 6.54 Å². The normalized spacial score (nSPS) is 19.2. The maximum Gasteiger partial charge on any atom is 0.187 e. The number of nitrogens with one attached hydrogen (secondary N) is 1. The summed E-state index contributed by atoms with van der Waals surface area (Å²) in [5, 5.41) is 12.5. The number of carbonyl (C=O) groups excluding carboxylic acids is 1. The summed E-state index contributed by atoms with van der Waals surface area (Å²) in [6.45, 7) is 2.73. The van der Waals surface area contributed by atoms with Crippen LogP contribution in [0.15, 0.2) is 48.5 Å². The highest BCUT2D eigenvalue weighted by atomic mass is 35.5. The van der Waals surface area contributed by atoms with Gasteiger partial charge in [-0.3, -0.25) is 4.79 Å². The topological polar surface area (TPSA) is 59.8 Å². The summed E-state index contributed by atoms with van der Waals surface area (Å²) in [6.07, 6.45) is 0. The molecule has 132 valence electrons. The van der Waals surface area contributed by atoms with E-state index in [0.717, 1.165) is 11.4 Å². The number of para-hydroxylation sites is 1. The van der Waals surface area contributed by atoms with Gasteiger partial charge >= 0.3 is 0 Å². The number of halogens is 2. The summed E-state index contributed by atoms with van der Waals surface area (Å²) >= 11 is 12.3. The fraction of sp³-hybridized carbons (Fsp3) is 0.211. The molecule has 5 nitrogen and oxygen atoms in total. The lowest BCUT2D eigenvalue weighted by Crippen LogP contribution is -2.37. The molecule has 3 aromatic rings. The van der Waals surface area contributed by atoms with Crippen LogP contribution in [-0.4, -0.2) is 27.3 Å². The van der Waals surface area contributed by atoms with Gasteiger partial charge in [-0.1, -0.05) is 59.6 Å². The van der Waals surface area contributed by atoms with Gasteiger partial charge in [-0.05, 0) is 24.3 Å². The first-order valence-electron chi connectivity index (χ1n) is 8.30. The van der Waals surface area contributed by atoms with Crippen molar-refractivity contribution >= 4 is 29.0 Å². The fourth-order valence-corrected chi connectivity index (χ4v) is 3.68. The molecular formula is C19H16Cl2N4O. The molecule has 1 aromatic heterocycles. The predicted octanol–water partition coefficient (Wildman–Crippen LogP) is 4.20. The second-order valence-corrected chi connectivity index (χ2v) is 7.10. The zero-order valence-corrected chi connectivity index (χ0v) is 15.5. The number of fused-ring (bicyclic) bond motifs is 1. The quantitative estimate of drug-likeness (QED) is 0.685. The molecule has 2 heterocycles. The number of aromatic nitrogens is 3. The van der Waals surface area contributed by atoms with Crippen molar-refractivity contribution < 1.29 is 4.79 Å². The van der Waals surface area contributed by atoms with Crippen LogP contribution in [0.4, 0.5) is 0 Å². The lowest BCUT2D eigenvalue weighted by Gasteiger charge is -2.27. The van der Waals surface area contributed by atoms with Crippen LogP contribution in [0.1, 0.15) is 40.6 Å². The first-order chi connectivity index (χ1) is 12.6. The number of nitrogens with zero attached hydrogens (tertiary/aromatic N) is 3. The van der Waals surface area contributed by atoms with Gasteiger partial charge in [0.15, 0.2) is 5.78 Å². The first-order valence-corrected chi connectivity index (χ1v) is 9.06. The Morgan fingerprint density at radius 1 is 1.15 bits per heavy atom. The van der Waals surface area contributed by atoms with Crippen molar-refractivity contribution in [2.45, 2.75) is 18.9 Å². The van der Waals surface area contributed by atoms with E-state index in [-0.39, 0.29) is 16.7 Å². The highest BCUT2D eigenvalue weighted by Gasteiger charge is 2.36. The summed E-state index contributed by atoms with van der Waals surface area (Å²) in [5.74, 6) is 0.00449. The van der Waals surface area contributed by atoms with Crippen LogP contribution in [0.2, 0.25) is 10.0 Å². The minimum atomic E-state index is -0.602. The SMILES string of the molecule is CC1CNC(C(=O)c2cccc(Cl)c2Cl)c2nnn(-c3ccccc3)c21. The highest BCUT2D eigenvalue weighted by Crippen LogP contribution is 2.34. The van der Waals surface area contributed by atoms with Crippen LogP contribution >= 0.6 is 23.2 Å². The molecule has 0 saturated carbocycles. The van der Waals surface area contributed by atoms with Gasteiger partial charge in [-0.2, -0.15) is 0 Å². The van der Waals surface area contributed by atoms with E-state index in [9.17, 15) is 4.79 Å². The third-order valence-corrected chi connectivity index (χ3v) is 5.40. The van der Waals surface area contributed by atoms with Crippen molar-refractivity contribution in [1.82, 2.24) is 20.3 Å². The number of ketones is 1. The molecule has 0 aliphatic carbocycles. The molecule has 2 unspecified atom stereocenters. The molecule has 0 fully saturated rings. The van der Waals surface area contributed by atoms with Crippen LogP contribution in [0, 0.1) is 0 Å². The maximum atomic E-state index is 13.1.